The summed E-state index contributed by atoms with van der Waals surface area (Å²) in [5, 5.41) is 8.29. The van der Waals surface area contributed by atoms with Crippen LogP contribution in [0.1, 0.15) is 17.2 Å². The normalized spacial score (nSPS) is 18.2. The fourth-order valence-corrected chi connectivity index (χ4v) is 5.69. The number of nitrogens with zero attached hydrogens (tertiary/aromatic N) is 2. The molecule has 0 saturated carbocycles. The van der Waals surface area contributed by atoms with Crippen molar-refractivity contribution in [2.24, 2.45) is 0 Å². The van der Waals surface area contributed by atoms with Crippen LogP contribution in [0.25, 0.3) is 0 Å². The number of nitrogens with one attached hydrogen (secondary N) is 3. The third kappa shape index (κ3) is 5.26. The summed E-state index contributed by atoms with van der Waals surface area (Å²) in [5.41, 5.74) is 3.13. The summed E-state index contributed by atoms with van der Waals surface area (Å²) in [6, 6.07) is 28.6. The van der Waals surface area contributed by atoms with Gasteiger partial charge in [-0.15, -0.1) is 5.10 Å². The van der Waals surface area contributed by atoms with E-state index in [-0.39, 0.29) is 5.82 Å². The predicted molar refractivity (Wildman–Crippen MR) is 137 cm³/mol. The number of benzene rings is 3. The molecule has 0 aliphatic carbocycles. The zero-order valence-electron chi connectivity index (χ0n) is 18.8. The molecule has 8 heteroatoms. The fourth-order valence-electron chi connectivity index (χ4n) is 4.67. The number of aromatic nitrogens is 2. The summed E-state index contributed by atoms with van der Waals surface area (Å²) in [6.45, 7) is 4.95. The number of piperazine rings is 1. The van der Waals surface area contributed by atoms with E-state index in [0.717, 1.165) is 32.8 Å². The number of anilines is 2. The Kier molecular flexibility index (Phi) is 7.10. The molecule has 0 amide bonds. The molecule has 0 radical (unpaired) electrons. The minimum atomic E-state index is -0.300. The smallest absolute Gasteiger partial charge is 0.209 e. The molecular weight excluding hydrogens is 465 g/mol. The Hall–Kier alpha value is -2.91. The number of halogens is 1. The first kappa shape index (κ1) is 22.9. The number of hydrogen-bond donors (Lipinski definition) is 3. The van der Waals surface area contributed by atoms with Crippen molar-refractivity contribution < 1.29 is 14.2 Å². The second-order valence-corrected chi connectivity index (χ2v) is 10.2. The Bertz CT molecular complexity index is 1230. The maximum atomic E-state index is 14.0. The second kappa shape index (κ2) is 10.6. The van der Waals surface area contributed by atoms with Gasteiger partial charge in [0.2, 0.25) is 5.13 Å². The molecule has 1 aliphatic heterocycles. The van der Waals surface area contributed by atoms with Gasteiger partial charge in [-0.3, -0.25) is 0 Å². The lowest BCUT2D eigenvalue weighted by Crippen LogP contribution is -3.27. The highest BCUT2D eigenvalue weighted by Gasteiger charge is 2.32. The summed E-state index contributed by atoms with van der Waals surface area (Å²) in [6.07, 6.45) is 0. The molecule has 5 nitrogen and oxygen atoms in total. The van der Waals surface area contributed by atoms with Gasteiger partial charge < -0.3 is 15.1 Å². The topological polar surface area (TPSA) is 38.7 Å². The van der Waals surface area contributed by atoms with Crippen LogP contribution in [0.4, 0.5) is 15.2 Å². The summed E-state index contributed by atoms with van der Waals surface area (Å²) in [4.78, 5) is 3.05. The van der Waals surface area contributed by atoms with Crippen molar-refractivity contribution in [3.05, 3.63) is 106 Å². The van der Waals surface area contributed by atoms with Crippen LogP contribution in [0, 0.1) is 9.77 Å². The van der Waals surface area contributed by atoms with Gasteiger partial charge in [0.05, 0.1) is 5.69 Å². The van der Waals surface area contributed by atoms with Gasteiger partial charge in [0.25, 0.3) is 0 Å². The molecule has 5 rings (SSSR count). The Morgan fingerprint density at radius 2 is 1.47 bits per heavy atom. The van der Waals surface area contributed by atoms with E-state index in [9.17, 15) is 4.39 Å². The van der Waals surface area contributed by atoms with Gasteiger partial charge in [-0.2, -0.15) is 4.68 Å². The zero-order valence-corrected chi connectivity index (χ0v) is 20.4. The van der Waals surface area contributed by atoms with E-state index >= 15 is 0 Å². The molecule has 3 N–H and O–H groups in total. The second-order valence-electron chi connectivity index (χ2n) is 8.60. The van der Waals surface area contributed by atoms with Gasteiger partial charge in [0.15, 0.2) is 10.6 Å². The molecular formula is C26H28FN5S2+2. The molecule has 1 aliphatic rings. The van der Waals surface area contributed by atoms with Gasteiger partial charge >= 0.3 is 0 Å². The van der Waals surface area contributed by atoms with Gasteiger partial charge in [-0.1, -0.05) is 84.1 Å². The first-order valence-electron chi connectivity index (χ1n) is 11.5. The average molecular weight is 494 g/mol. The van der Waals surface area contributed by atoms with E-state index in [1.807, 2.05) is 4.68 Å². The molecule has 0 atom stereocenters. The van der Waals surface area contributed by atoms with Gasteiger partial charge in [0, 0.05) is 11.1 Å². The van der Waals surface area contributed by atoms with Crippen molar-refractivity contribution in [1.29, 1.82) is 0 Å². The van der Waals surface area contributed by atoms with Crippen molar-refractivity contribution >= 4 is 34.4 Å². The van der Waals surface area contributed by atoms with E-state index in [4.69, 9.17) is 12.2 Å². The monoisotopic (exact) mass is 493 g/mol. The number of rotatable bonds is 7. The number of para-hydroxylation sites is 1. The Labute approximate surface area is 208 Å². The molecule has 1 aromatic heterocycles. The predicted octanol–water partition coefficient (Wildman–Crippen LogP) is 3.09. The fraction of sp³-hybridized carbons (Fsp3) is 0.231. The van der Waals surface area contributed by atoms with Crippen LogP contribution in [0.5, 0.6) is 0 Å². The van der Waals surface area contributed by atoms with Gasteiger partial charge in [-0.05, 0) is 24.4 Å². The highest BCUT2D eigenvalue weighted by atomic mass is 32.1. The first-order valence-corrected chi connectivity index (χ1v) is 12.8. The van der Waals surface area contributed by atoms with Crippen LogP contribution >= 0.6 is 23.6 Å². The molecule has 0 spiro atoms. The van der Waals surface area contributed by atoms with Crippen LogP contribution in [-0.4, -0.2) is 36.0 Å². The van der Waals surface area contributed by atoms with Crippen molar-refractivity contribution in [3.63, 3.8) is 0 Å². The lowest BCUT2D eigenvalue weighted by Gasteiger charge is -2.35. The minimum absolute atomic E-state index is 0.300. The SMILES string of the molecule is Fc1ccccc1Nc1nn(C[NH+]2CC[NH+](C(c3ccccc3)c3ccccc3)CC2)c(=S)s1. The van der Waals surface area contributed by atoms with E-state index in [1.165, 1.54) is 33.4 Å². The van der Waals surface area contributed by atoms with Crippen LogP contribution in [0.3, 0.4) is 0 Å². The molecule has 0 bridgehead atoms. The minimum Gasteiger partial charge on any atom is -0.328 e. The average Bonchev–Trinajstić information content (AvgIpc) is 3.21. The molecule has 1 saturated heterocycles. The van der Waals surface area contributed by atoms with Gasteiger partial charge in [-0.25, -0.2) is 4.39 Å². The first-order chi connectivity index (χ1) is 16.7. The van der Waals surface area contributed by atoms with Gasteiger partial charge in [0.1, 0.15) is 38.0 Å². The molecule has 2 heterocycles. The molecule has 174 valence electrons. The third-order valence-corrected chi connectivity index (χ3v) is 7.59. The lowest BCUT2D eigenvalue weighted by atomic mass is 9.96. The van der Waals surface area contributed by atoms with E-state index in [2.05, 4.69) is 71.1 Å². The molecule has 34 heavy (non-hydrogen) atoms. The third-order valence-electron chi connectivity index (χ3n) is 6.37. The number of quaternary nitrogens is 2. The van der Waals surface area contributed by atoms with Crippen molar-refractivity contribution in [2.45, 2.75) is 12.7 Å². The Morgan fingerprint density at radius 1 is 0.882 bits per heavy atom. The summed E-state index contributed by atoms with van der Waals surface area (Å²) in [5.74, 6) is -0.300. The van der Waals surface area contributed by atoms with Crippen molar-refractivity contribution in [1.82, 2.24) is 9.78 Å². The Balaban J connectivity index is 1.25. The summed E-state index contributed by atoms with van der Waals surface area (Å²) < 4.78 is 16.5. The maximum absolute atomic E-state index is 14.0. The standard InChI is InChI=1S/C26H26FN5S2/c27-22-13-7-8-14-23(22)28-25-29-32(26(33)34-25)19-30-15-17-31(18-16-30)24(20-9-3-1-4-10-20)21-11-5-2-6-12-21/h1-14,24H,15-19H2,(H,28,29)/p+2. The maximum Gasteiger partial charge on any atom is 0.209 e. The Morgan fingerprint density at radius 3 is 2.09 bits per heavy atom. The van der Waals surface area contributed by atoms with E-state index < -0.39 is 0 Å². The van der Waals surface area contributed by atoms with Crippen molar-refractivity contribution in [2.75, 3.05) is 31.5 Å². The lowest BCUT2D eigenvalue weighted by molar-refractivity contribution is -1.03. The summed E-state index contributed by atoms with van der Waals surface area (Å²) >= 11 is 6.93. The quantitative estimate of drug-likeness (QED) is 0.347. The van der Waals surface area contributed by atoms with Crippen LogP contribution in [0.2, 0.25) is 0 Å². The number of hydrogen-bond acceptors (Lipinski definition) is 4. The highest BCUT2D eigenvalue weighted by Crippen LogP contribution is 2.22. The zero-order chi connectivity index (χ0) is 23.3. The molecule has 4 aromatic rings. The van der Waals surface area contributed by atoms with Crippen LogP contribution < -0.4 is 15.1 Å². The van der Waals surface area contributed by atoms with E-state index in [0.29, 0.717) is 20.8 Å². The van der Waals surface area contributed by atoms with Crippen molar-refractivity contribution in [3.8, 4) is 0 Å². The summed E-state index contributed by atoms with van der Waals surface area (Å²) in [7, 11) is 0. The molecule has 1 fully saturated rings. The molecule has 3 aromatic carbocycles. The van der Waals surface area contributed by atoms with Crippen LogP contribution in [-0.2, 0) is 6.67 Å². The highest BCUT2D eigenvalue weighted by molar-refractivity contribution is 7.73. The molecule has 0 unspecified atom stereocenters. The van der Waals surface area contributed by atoms with E-state index in [1.54, 1.807) is 23.1 Å². The van der Waals surface area contributed by atoms with Crippen LogP contribution in [0.15, 0.2) is 84.9 Å². The largest absolute Gasteiger partial charge is 0.328 e.